The van der Waals surface area contributed by atoms with Gasteiger partial charge in [-0.1, -0.05) is 12.1 Å². The van der Waals surface area contributed by atoms with E-state index in [0.717, 1.165) is 28.1 Å². The van der Waals surface area contributed by atoms with Crippen molar-refractivity contribution in [3.05, 3.63) is 57.8 Å². The molecule has 1 aromatic carbocycles. The van der Waals surface area contributed by atoms with Gasteiger partial charge in [-0.25, -0.2) is 4.79 Å². The molecule has 7 rings (SSSR count). The molecule has 4 saturated carbocycles. The zero-order chi connectivity index (χ0) is 21.0. The second kappa shape index (κ2) is 7.15. The van der Waals surface area contributed by atoms with Gasteiger partial charge < -0.3 is 5.32 Å². The molecule has 7 nitrogen and oxygen atoms in total. The van der Waals surface area contributed by atoms with E-state index in [2.05, 4.69) is 27.9 Å². The average molecular weight is 436 g/mol. The molecule has 4 aliphatic rings. The molecule has 4 bridgehead atoms. The Bertz CT molecular complexity index is 1130. The molecule has 2 aromatic heterocycles. The van der Waals surface area contributed by atoms with Crippen LogP contribution in [0.1, 0.15) is 44.1 Å². The first-order valence-electron chi connectivity index (χ1n) is 11.1. The molecule has 8 heteroatoms. The molecule has 0 spiro atoms. The van der Waals surface area contributed by atoms with Gasteiger partial charge in [-0.3, -0.25) is 4.79 Å². The largest absolute Gasteiger partial charge is 0.369 e. The van der Waals surface area contributed by atoms with E-state index < -0.39 is 5.69 Å². The van der Waals surface area contributed by atoms with Crippen LogP contribution in [0.4, 0.5) is 5.69 Å². The Labute approximate surface area is 184 Å². The molecule has 3 aromatic rings. The Morgan fingerprint density at radius 1 is 1.03 bits per heavy atom. The Morgan fingerprint density at radius 2 is 1.71 bits per heavy atom. The van der Waals surface area contributed by atoms with E-state index in [1.165, 1.54) is 60.1 Å². The van der Waals surface area contributed by atoms with Crippen molar-refractivity contribution in [2.45, 2.75) is 50.5 Å². The topological polar surface area (TPSA) is 81.8 Å². The van der Waals surface area contributed by atoms with Gasteiger partial charge in [-0.05, 0) is 107 Å². The van der Waals surface area contributed by atoms with Crippen LogP contribution >= 0.6 is 11.3 Å². The lowest BCUT2D eigenvalue weighted by atomic mass is 9.48. The summed E-state index contributed by atoms with van der Waals surface area (Å²) >= 11 is 1.39. The number of hydrogen-bond acceptors (Lipinski definition) is 5. The maximum absolute atomic E-state index is 12.5. The monoisotopic (exact) mass is 435 g/mol. The molecule has 4 fully saturated rings. The van der Waals surface area contributed by atoms with E-state index in [-0.39, 0.29) is 12.5 Å². The third-order valence-electron chi connectivity index (χ3n) is 7.47. The molecule has 0 aliphatic heterocycles. The van der Waals surface area contributed by atoms with E-state index in [0.29, 0.717) is 10.4 Å². The fourth-order valence-corrected chi connectivity index (χ4v) is 7.28. The number of benzene rings is 1. The number of tetrazole rings is 1. The van der Waals surface area contributed by atoms with Crippen LogP contribution in [0.5, 0.6) is 0 Å². The summed E-state index contributed by atoms with van der Waals surface area (Å²) in [7, 11) is 0. The van der Waals surface area contributed by atoms with E-state index in [9.17, 15) is 9.59 Å². The SMILES string of the molecule is O=C(Cn1nnn(-c2cccs2)c1=O)Nc1ccc(C23CC4CC(CC(C4)C2)C3)cc1. The summed E-state index contributed by atoms with van der Waals surface area (Å²) in [5, 5.41) is 13.1. The number of nitrogens with zero attached hydrogens (tertiary/aromatic N) is 4. The maximum atomic E-state index is 12.5. The number of anilines is 1. The van der Waals surface area contributed by atoms with Crippen molar-refractivity contribution < 1.29 is 4.79 Å². The summed E-state index contributed by atoms with van der Waals surface area (Å²) in [5.41, 5.74) is 2.11. The lowest BCUT2D eigenvalue weighted by molar-refractivity contribution is -0.117. The number of amides is 1. The Kier molecular flexibility index (Phi) is 4.38. The zero-order valence-electron chi connectivity index (χ0n) is 17.2. The van der Waals surface area contributed by atoms with Crippen LogP contribution in [0.2, 0.25) is 0 Å². The predicted molar refractivity (Wildman–Crippen MR) is 118 cm³/mol. The summed E-state index contributed by atoms with van der Waals surface area (Å²) in [6, 6.07) is 12.0. The molecule has 0 unspecified atom stereocenters. The molecule has 160 valence electrons. The van der Waals surface area contributed by atoms with Gasteiger partial charge in [0.05, 0.1) is 0 Å². The molecule has 2 heterocycles. The number of nitrogens with one attached hydrogen (secondary N) is 1. The van der Waals surface area contributed by atoms with Gasteiger partial charge in [-0.2, -0.15) is 9.36 Å². The summed E-state index contributed by atoms with van der Waals surface area (Å²) in [6.07, 6.45) is 8.28. The van der Waals surface area contributed by atoms with Gasteiger partial charge in [-0.15, -0.1) is 11.3 Å². The molecular formula is C23H25N5O2S. The van der Waals surface area contributed by atoms with Gasteiger partial charge >= 0.3 is 5.69 Å². The lowest BCUT2D eigenvalue weighted by Crippen LogP contribution is -2.48. The zero-order valence-corrected chi connectivity index (χ0v) is 18.1. The van der Waals surface area contributed by atoms with E-state index >= 15 is 0 Å². The van der Waals surface area contributed by atoms with E-state index in [1.54, 1.807) is 6.07 Å². The summed E-state index contributed by atoms with van der Waals surface area (Å²) < 4.78 is 2.29. The molecule has 1 amide bonds. The van der Waals surface area contributed by atoms with Crippen molar-refractivity contribution in [3.8, 4) is 5.00 Å². The highest BCUT2D eigenvalue weighted by atomic mass is 32.1. The highest BCUT2D eigenvalue weighted by Gasteiger charge is 2.51. The summed E-state index contributed by atoms with van der Waals surface area (Å²) in [4.78, 5) is 24.9. The third-order valence-corrected chi connectivity index (χ3v) is 8.31. The minimum absolute atomic E-state index is 0.166. The standard InChI is InChI=1S/C23H25N5O2S/c29-20(14-27-22(30)28(26-25-27)21-2-1-7-31-21)24-19-5-3-18(4-6-19)23-11-15-8-16(12-23)10-17(9-15)13-23/h1-7,15-17H,8-14H2,(H,24,29). The summed E-state index contributed by atoms with van der Waals surface area (Å²) in [6.45, 7) is -0.166. The number of thiophene rings is 1. The quantitative estimate of drug-likeness (QED) is 0.664. The van der Waals surface area contributed by atoms with Crippen molar-refractivity contribution >= 4 is 22.9 Å². The first-order chi connectivity index (χ1) is 15.1. The minimum Gasteiger partial charge on any atom is -0.324 e. The lowest BCUT2D eigenvalue weighted by Gasteiger charge is -2.57. The molecular weight excluding hydrogens is 410 g/mol. The molecule has 4 aliphatic carbocycles. The van der Waals surface area contributed by atoms with Gasteiger partial charge in [0.1, 0.15) is 11.5 Å². The molecule has 31 heavy (non-hydrogen) atoms. The van der Waals surface area contributed by atoms with Crippen molar-refractivity contribution in [2.24, 2.45) is 17.8 Å². The van der Waals surface area contributed by atoms with Crippen LogP contribution in [-0.4, -0.2) is 25.7 Å². The minimum atomic E-state index is -0.422. The fraction of sp³-hybridized carbons (Fsp3) is 0.478. The van der Waals surface area contributed by atoms with Crippen LogP contribution in [0.3, 0.4) is 0 Å². The molecule has 0 atom stereocenters. The second-order valence-electron chi connectivity index (χ2n) is 9.61. The normalized spacial score (nSPS) is 28.7. The smallest absolute Gasteiger partial charge is 0.324 e. The number of carbonyl (C=O) groups excluding carboxylic acids is 1. The Hall–Kier alpha value is -2.74. The van der Waals surface area contributed by atoms with Crippen molar-refractivity contribution in [3.63, 3.8) is 0 Å². The van der Waals surface area contributed by atoms with Crippen molar-refractivity contribution in [2.75, 3.05) is 5.32 Å². The third kappa shape index (κ3) is 3.33. The highest BCUT2D eigenvalue weighted by Crippen LogP contribution is 2.60. The first kappa shape index (κ1) is 19.0. The van der Waals surface area contributed by atoms with Crippen molar-refractivity contribution in [1.29, 1.82) is 0 Å². The van der Waals surface area contributed by atoms with E-state index in [1.807, 2.05) is 23.6 Å². The van der Waals surface area contributed by atoms with Crippen LogP contribution in [0, 0.1) is 17.8 Å². The number of carbonyl (C=O) groups is 1. The molecule has 1 N–H and O–H groups in total. The van der Waals surface area contributed by atoms with Crippen LogP contribution in [-0.2, 0) is 16.8 Å². The number of rotatable bonds is 5. The van der Waals surface area contributed by atoms with Gasteiger partial charge in [0.25, 0.3) is 0 Å². The highest BCUT2D eigenvalue weighted by molar-refractivity contribution is 7.12. The fourth-order valence-electron chi connectivity index (χ4n) is 6.61. The Balaban J connectivity index is 1.14. The number of aromatic nitrogens is 4. The first-order valence-corrected chi connectivity index (χ1v) is 11.9. The van der Waals surface area contributed by atoms with Crippen LogP contribution in [0.15, 0.2) is 46.6 Å². The number of hydrogen-bond donors (Lipinski definition) is 1. The Morgan fingerprint density at radius 3 is 2.32 bits per heavy atom. The van der Waals surface area contributed by atoms with Gasteiger partial charge in [0.15, 0.2) is 0 Å². The van der Waals surface area contributed by atoms with Crippen molar-refractivity contribution in [1.82, 2.24) is 19.8 Å². The molecule has 0 radical (unpaired) electrons. The predicted octanol–water partition coefficient (Wildman–Crippen LogP) is 3.60. The van der Waals surface area contributed by atoms with Gasteiger partial charge in [0.2, 0.25) is 5.91 Å². The van der Waals surface area contributed by atoms with Gasteiger partial charge in [0, 0.05) is 5.69 Å². The summed E-state index contributed by atoms with van der Waals surface area (Å²) in [5.74, 6) is 2.44. The molecule has 0 saturated heterocycles. The van der Waals surface area contributed by atoms with Crippen LogP contribution in [0.25, 0.3) is 5.00 Å². The second-order valence-corrected chi connectivity index (χ2v) is 10.5. The van der Waals surface area contributed by atoms with Crippen LogP contribution < -0.4 is 11.0 Å². The maximum Gasteiger partial charge on any atom is 0.369 e. The average Bonchev–Trinajstić information content (AvgIpc) is 3.38. The van der Waals surface area contributed by atoms with E-state index in [4.69, 9.17) is 0 Å².